The Morgan fingerprint density at radius 2 is 2.12 bits per heavy atom. The van der Waals surface area contributed by atoms with Crippen LogP contribution < -0.4 is 0 Å². The molecule has 0 N–H and O–H groups in total. The van der Waals surface area contributed by atoms with E-state index in [1.807, 2.05) is 6.08 Å². The molecule has 0 saturated carbocycles. The lowest BCUT2D eigenvalue weighted by Crippen LogP contribution is -1.57. The highest BCUT2D eigenvalue weighted by molar-refractivity contribution is 4.98. The van der Waals surface area contributed by atoms with Gasteiger partial charge in [0.2, 0.25) is 0 Å². The Morgan fingerprint density at radius 3 is 2.62 bits per heavy atom. The van der Waals surface area contributed by atoms with Gasteiger partial charge in [0, 0.05) is 0 Å². The Labute approximate surface area is 50.3 Å². The second kappa shape index (κ2) is 6.28. The highest BCUT2D eigenvalue weighted by Gasteiger charge is 1.67. The molecule has 0 aliphatic heterocycles. The van der Waals surface area contributed by atoms with Crippen LogP contribution in [0.5, 0.6) is 0 Å². The largest absolute Gasteiger partial charge is 0.299 e. The summed E-state index contributed by atoms with van der Waals surface area (Å²) in [7, 11) is 0. The van der Waals surface area contributed by atoms with Gasteiger partial charge in [-0.1, -0.05) is 25.5 Å². The maximum Gasteiger partial charge on any atom is 0.142 e. The molecule has 0 atom stereocenters. The zero-order valence-corrected chi connectivity index (χ0v) is 5.13. The normalized spacial score (nSPS) is 11.6. The van der Waals surface area contributed by atoms with E-state index in [9.17, 15) is 5.11 Å². The van der Waals surface area contributed by atoms with Gasteiger partial charge in [-0.25, -0.2) is 0 Å². The average Bonchev–Trinajstić information content (AvgIpc) is 1.81. The standard InChI is InChI=1S/C7H11O/c1-2-3-4-5-6-7-8/h4-7H,2-3H2,1H3/b5-4+,7-6+. The van der Waals surface area contributed by atoms with E-state index in [1.54, 1.807) is 6.08 Å². The molecular formula is C7H11O. The molecule has 0 aliphatic carbocycles. The Morgan fingerprint density at radius 1 is 1.38 bits per heavy atom. The van der Waals surface area contributed by atoms with Gasteiger partial charge in [-0.15, -0.1) is 0 Å². The third kappa shape index (κ3) is 5.28. The van der Waals surface area contributed by atoms with Crippen molar-refractivity contribution in [3.63, 3.8) is 0 Å². The Kier molecular flexibility index (Phi) is 5.71. The van der Waals surface area contributed by atoms with Gasteiger partial charge in [0.15, 0.2) is 0 Å². The summed E-state index contributed by atoms with van der Waals surface area (Å²) in [6.07, 6.45) is 8.24. The fourth-order valence-corrected chi connectivity index (χ4v) is 0.387. The van der Waals surface area contributed by atoms with Crippen molar-refractivity contribution < 1.29 is 5.11 Å². The SMILES string of the molecule is CCC/C=C/C=C/[O]. The molecule has 0 aromatic carbocycles. The fraction of sp³-hybridized carbons (Fsp3) is 0.429. The van der Waals surface area contributed by atoms with Crippen LogP contribution in [-0.2, 0) is 5.11 Å². The maximum absolute atomic E-state index is 9.66. The van der Waals surface area contributed by atoms with Crippen molar-refractivity contribution >= 4 is 0 Å². The molecule has 0 rings (SSSR count). The molecule has 0 amide bonds. The van der Waals surface area contributed by atoms with Gasteiger partial charge in [0.1, 0.15) is 6.26 Å². The van der Waals surface area contributed by atoms with Crippen LogP contribution in [0.1, 0.15) is 19.8 Å². The molecule has 0 aromatic heterocycles. The third-order valence-corrected chi connectivity index (χ3v) is 0.781. The summed E-state index contributed by atoms with van der Waals surface area (Å²) in [4.78, 5) is 0. The fourth-order valence-electron chi connectivity index (χ4n) is 0.387. The molecule has 0 spiro atoms. The lowest BCUT2D eigenvalue weighted by molar-refractivity contribution is 0.352. The van der Waals surface area contributed by atoms with Crippen molar-refractivity contribution in [3.8, 4) is 0 Å². The number of allylic oxidation sites excluding steroid dienone is 3. The second-order valence-corrected chi connectivity index (χ2v) is 1.55. The van der Waals surface area contributed by atoms with Crippen LogP contribution in [0.15, 0.2) is 24.5 Å². The Balaban J connectivity index is 3.07. The molecule has 0 aliphatic rings. The van der Waals surface area contributed by atoms with Gasteiger partial charge < -0.3 is 0 Å². The molecular weight excluding hydrogens is 100 g/mol. The molecule has 0 bridgehead atoms. The lowest BCUT2D eigenvalue weighted by atomic mass is 10.3. The van der Waals surface area contributed by atoms with Crippen molar-refractivity contribution in [3.05, 3.63) is 24.5 Å². The summed E-state index contributed by atoms with van der Waals surface area (Å²) in [6.45, 7) is 2.10. The van der Waals surface area contributed by atoms with Crippen LogP contribution in [0, 0.1) is 0 Å². The van der Waals surface area contributed by atoms with Crippen LogP contribution >= 0.6 is 0 Å². The quantitative estimate of drug-likeness (QED) is 0.393. The monoisotopic (exact) mass is 111 g/mol. The molecule has 0 heterocycles. The number of unbranched alkanes of at least 4 members (excludes halogenated alkanes) is 1. The molecule has 0 unspecified atom stereocenters. The van der Waals surface area contributed by atoms with E-state index in [0.29, 0.717) is 0 Å². The summed E-state index contributed by atoms with van der Waals surface area (Å²) >= 11 is 0. The summed E-state index contributed by atoms with van der Waals surface area (Å²) in [5, 5.41) is 9.66. The Hall–Kier alpha value is -0.720. The van der Waals surface area contributed by atoms with Gasteiger partial charge in [-0.2, -0.15) is 0 Å². The van der Waals surface area contributed by atoms with Crippen LogP contribution in [0.4, 0.5) is 0 Å². The molecule has 0 aromatic rings. The summed E-state index contributed by atoms with van der Waals surface area (Å²) in [5.41, 5.74) is 0. The smallest absolute Gasteiger partial charge is 0.142 e. The summed E-state index contributed by atoms with van der Waals surface area (Å²) in [5.74, 6) is 0. The first-order valence-corrected chi connectivity index (χ1v) is 2.85. The zero-order chi connectivity index (χ0) is 6.24. The van der Waals surface area contributed by atoms with Gasteiger partial charge >= 0.3 is 0 Å². The average molecular weight is 111 g/mol. The minimum Gasteiger partial charge on any atom is -0.299 e. The van der Waals surface area contributed by atoms with Crippen LogP contribution in [-0.4, -0.2) is 0 Å². The van der Waals surface area contributed by atoms with Crippen LogP contribution in [0.25, 0.3) is 0 Å². The van der Waals surface area contributed by atoms with Gasteiger partial charge in [0.25, 0.3) is 0 Å². The van der Waals surface area contributed by atoms with Crippen molar-refractivity contribution in [2.45, 2.75) is 19.8 Å². The summed E-state index contributed by atoms with van der Waals surface area (Å²) in [6, 6.07) is 0. The number of hydrogen-bond acceptors (Lipinski definition) is 0. The molecule has 0 saturated heterocycles. The molecule has 8 heavy (non-hydrogen) atoms. The van der Waals surface area contributed by atoms with Crippen molar-refractivity contribution in [1.29, 1.82) is 0 Å². The number of rotatable bonds is 3. The van der Waals surface area contributed by atoms with E-state index in [4.69, 9.17) is 0 Å². The van der Waals surface area contributed by atoms with Crippen molar-refractivity contribution in [1.82, 2.24) is 0 Å². The lowest BCUT2D eigenvalue weighted by Gasteiger charge is -1.77. The molecule has 1 nitrogen and oxygen atoms in total. The predicted molar refractivity (Wildman–Crippen MR) is 33.9 cm³/mol. The first kappa shape index (κ1) is 7.28. The summed E-state index contributed by atoms with van der Waals surface area (Å²) < 4.78 is 0. The van der Waals surface area contributed by atoms with E-state index < -0.39 is 0 Å². The molecule has 1 heteroatoms. The van der Waals surface area contributed by atoms with Gasteiger partial charge in [-0.05, 0) is 12.5 Å². The highest BCUT2D eigenvalue weighted by Crippen LogP contribution is 1.87. The minimum absolute atomic E-state index is 0.784. The topological polar surface area (TPSA) is 19.9 Å². The van der Waals surface area contributed by atoms with Crippen molar-refractivity contribution in [2.75, 3.05) is 0 Å². The van der Waals surface area contributed by atoms with Gasteiger partial charge in [-0.3, -0.25) is 5.11 Å². The Bertz CT molecular complexity index is 82.4. The third-order valence-electron chi connectivity index (χ3n) is 0.781. The van der Waals surface area contributed by atoms with E-state index >= 15 is 0 Å². The highest BCUT2D eigenvalue weighted by atomic mass is 16.2. The van der Waals surface area contributed by atoms with E-state index in [2.05, 4.69) is 6.92 Å². The first-order chi connectivity index (χ1) is 3.91. The van der Waals surface area contributed by atoms with Crippen LogP contribution in [0.3, 0.4) is 0 Å². The first-order valence-electron chi connectivity index (χ1n) is 2.85. The second-order valence-electron chi connectivity index (χ2n) is 1.55. The van der Waals surface area contributed by atoms with Crippen LogP contribution in [0.2, 0.25) is 0 Å². The molecule has 1 radical (unpaired) electrons. The number of hydrogen-bond donors (Lipinski definition) is 0. The van der Waals surface area contributed by atoms with E-state index in [0.717, 1.165) is 19.1 Å². The van der Waals surface area contributed by atoms with Crippen molar-refractivity contribution in [2.24, 2.45) is 0 Å². The van der Waals surface area contributed by atoms with E-state index in [1.165, 1.54) is 6.08 Å². The zero-order valence-electron chi connectivity index (χ0n) is 5.13. The van der Waals surface area contributed by atoms with E-state index in [-0.39, 0.29) is 0 Å². The minimum atomic E-state index is 0.784. The molecule has 45 valence electrons. The maximum atomic E-state index is 9.66. The predicted octanol–water partition coefficient (Wildman–Crippen LogP) is 2.29. The van der Waals surface area contributed by atoms with Gasteiger partial charge in [0.05, 0.1) is 0 Å². The molecule has 0 fully saturated rings.